The van der Waals surface area contributed by atoms with Crippen LogP contribution in [0.25, 0.3) is 11.8 Å². The topological polar surface area (TPSA) is 125 Å². The molecule has 0 spiro atoms. The van der Waals surface area contributed by atoms with E-state index in [0.29, 0.717) is 44.2 Å². The summed E-state index contributed by atoms with van der Waals surface area (Å²) in [5.41, 5.74) is 1.84. The van der Waals surface area contributed by atoms with E-state index >= 15 is 0 Å². The lowest BCUT2D eigenvalue weighted by Crippen LogP contribution is -2.54. The van der Waals surface area contributed by atoms with Crippen molar-refractivity contribution in [1.29, 1.82) is 0 Å². The number of pyridine rings is 1. The van der Waals surface area contributed by atoms with Crippen molar-refractivity contribution in [2.24, 2.45) is 11.3 Å². The summed E-state index contributed by atoms with van der Waals surface area (Å²) >= 11 is 0. The molecule has 1 saturated carbocycles. The average Bonchev–Trinajstić information content (AvgIpc) is 3.54. The van der Waals surface area contributed by atoms with E-state index < -0.39 is 21.4 Å². The molecular weight excluding hydrogens is 665 g/mol. The minimum Gasteiger partial charge on any atom is -0.465 e. The Labute approximate surface area is 291 Å². The number of ether oxygens (including phenoxy) is 4. The second-order valence-electron chi connectivity index (χ2n) is 13.9. The predicted molar refractivity (Wildman–Crippen MR) is 180 cm³/mol. The lowest BCUT2D eigenvalue weighted by Gasteiger charge is -2.44. The number of nitrogens with zero attached hydrogens (tertiary/aromatic N) is 5. The lowest BCUT2D eigenvalue weighted by molar-refractivity contribution is -0.213. The van der Waals surface area contributed by atoms with Gasteiger partial charge in [0.05, 0.1) is 43.5 Å². The van der Waals surface area contributed by atoms with Gasteiger partial charge in [0.25, 0.3) is 0 Å². The van der Waals surface area contributed by atoms with Crippen molar-refractivity contribution in [3.8, 4) is 5.69 Å². The molecule has 1 aromatic carbocycles. The summed E-state index contributed by atoms with van der Waals surface area (Å²) in [5.74, 6) is 0.0749. The van der Waals surface area contributed by atoms with Crippen LogP contribution >= 0.6 is 0 Å². The quantitative estimate of drug-likeness (QED) is 0.300. The number of aromatic nitrogens is 3. The highest BCUT2D eigenvalue weighted by molar-refractivity contribution is 7.89. The van der Waals surface area contributed by atoms with Crippen LogP contribution in [0.15, 0.2) is 59.3 Å². The molecule has 12 nitrogen and oxygen atoms in total. The fourth-order valence-corrected chi connectivity index (χ4v) is 9.17. The Morgan fingerprint density at radius 2 is 1.84 bits per heavy atom. The summed E-state index contributed by atoms with van der Waals surface area (Å²) in [6.07, 6.45) is 10.2. The minimum atomic E-state index is -3.99. The lowest BCUT2D eigenvalue weighted by atomic mass is 9.68. The van der Waals surface area contributed by atoms with Crippen molar-refractivity contribution in [2.75, 3.05) is 57.5 Å². The molecule has 50 heavy (non-hydrogen) atoms. The largest absolute Gasteiger partial charge is 0.465 e. The van der Waals surface area contributed by atoms with E-state index in [4.69, 9.17) is 18.9 Å². The van der Waals surface area contributed by atoms with Crippen LogP contribution in [-0.4, -0.2) is 98.5 Å². The third kappa shape index (κ3) is 6.47. The SMILES string of the molecule is O=C(OCC1CC(OC2CCCCO2)C1)[C@]12Cc3cnn(-c4ccc(F)cc4)c3C=C1CCN(S(=O)(=O)c1ccc(N3CCOCC3)nc1)C2. The van der Waals surface area contributed by atoms with Gasteiger partial charge in [-0.05, 0) is 104 Å². The van der Waals surface area contributed by atoms with Crippen molar-refractivity contribution in [1.82, 2.24) is 19.1 Å². The first-order valence-corrected chi connectivity index (χ1v) is 19.0. The Morgan fingerprint density at radius 3 is 2.58 bits per heavy atom. The van der Waals surface area contributed by atoms with Gasteiger partial charge in [0.1, 0.15) is 21.9 Å². The van der Waals surface area contributed by atoms with Crippen LogP contribution in [0.4, 0.5) is 10.2 Å². The average molecular weight is 708 g/mol. The van der Waals surface area contributed by atoms with Crippen LogP contribution in [0, 0.1) is 17.2 Å². The van der Waals surface area contributed by atoms with Gasteiger partial charge in [-0.3, -0.25) is 4.79 Å². The van der Waals surface area contributed by atoms with Gasteiger partial charge in [-0.2, -0.15) is 9.40 Å². The fourth-order valence-electron chi connectivity index (χ4n) is 7.72. The summed E-state index contributed by atoms with van der Waals surface area (Å²) in [7, 11) is -3.99. The number of morpholine rings is 1. The zero-order chi connectivity index (χ0) is 34.3. The molecule has 2 atom stereocenters. The number of carbonyl (C=O) groups is 1. The van der Waals surface area contributed by atoms with E-state index in [0.717, 1.165) is 55.5 Å². The van der Waals surface area contributed by atoms with E-state index in [1.807, 2.05) is 6.08 Å². The first-order valence-electron chi connectivity index (χ1n) is 17.6. The van der Waals surface area contributed by atoms with Crippen molar-refractivity contribution >= 4 is 27.9 Å². The molecule has 266 valence electrons. The Kier molecular flexibility index (Phi) is 9.23. The van der Waals surface area contributed by atoms with Crippen LogP contribution in [0.2, 0.25) is 0 Å². The molecular formula is C36H42FN5O7S. The van der Waals surface area contributed by atoms with Crippen LogP contribution in [0.3, 0.4) is 0 Å². The van der Waals surface area contributed by atoms with Gasteiger partial charge < -0.3 is 23.8 Å². The number of piperidine rings is 1. The second kappa shape index (κ2) is 13.8. The normalized spacial score (nSPS) is 27.1. The summed E-state index contributed by atoms with van der Waals surface area (Å²) < 4.78 is 68.4. The molecule has 4 fully saturated rings. The Balaban J connectivity index is 1.02. The number of sulfonamides is 1. The maximum absolute atomic E-state index is 14.3. The van der Waals surface area contributed by atoms with E-state index in [1.165, 1.54) is 22.6 Å². The van der Waals surface area contributed by atoms with Gasteiger partial charge in [0.15, 0.2) is 6.29 Å². The standard InChI is InChI=1S/C36H42FN5O7S/c37-28-4-6-29(7-5-28)42-32-19-27-10-11-41(50(44,45)31-8-9-33(38-22-31)40-12-15-46-16-13-40)24-36(27,20-26(32)21-39-42)35(43)48-23-25-17-30(18-25)49-34-3-1-2-14-47-34/h4-9,19,21-22,25,30,34H,1-3,10-18,20,23-24H2/t25?,30?,34?,36-/m0/s1. The van der Waals surface area contributed by atoms with Gasteiger partial charge in [-0.1, -0.05) is 0 Å². The molecule has 0 radical (unpaired) electrons. The van der Waals surface area contributed by atoms with Gasteiger partial charge in [-0.25, -0.2) is 22.5 Å². The smallest absolute Gasteiger partial charge is 0.317 e. The molecule has 0 N–H and O–H groups in total. The number of hydrogen-bond donors (Lipinski definition) is 0. The van der Waals surface area contributed by atoms with Crippen molar-refractivity contribution < 1.29 is 36.6 Å². The van der Waals surface area contributed by atoms with E-state index in [-0.39, 0.29) is 55.1 Å². The van der Waals surface area contributed by atoms with Crippen molar-refractivity contribution in [3.63, 3.8) is 0 Å². The molecule has 2 aliphatic carbocycles. The Hall–Kier alpha value is -3.69. The molecule has 3 saturated heterocycles. The maximum atomic E-state index is 14.3. The van der Waals surface area contributed by atoms with Crippen LogP contribution in [0.1, 0.15) is 49.8 Å². The van der Waals surface area contributed by atoms with Crippen molar-refractivity contribution in [3.05, 3.63) is 71.4 Å². The maximum Gasteiger partial charge on any atom is 0.317 e. The predicted octanol–water partition coefficient (Wildman–Crippen LogP) is 4.13. The highest BCUT2D eigenvalue weighted by Gasteiger charge is 2.52. The first-order chi connectivity index (χ1) is 24.3. The van der Waals surface area contributed by atoms with Crippen molar-refractivity contribution in [2.45, 2.75) is 62.2 Å². The van der Waals surface area contributed by atoms with E-state index in [1.54, 1.807) is 35.1 Å². The number of anilines is 1. The molecule has 0 bridgehead atoms. The molecule has 1 unspecified atom stereocenters. The second-order valence-corrected chi connectivity index (χ2v) is 15.8. The summed E-state index contributed by atoms with van der Waals surface area (Å²) in [5, 5.41) is 4.58. The molecule has 3 aromatic rings. The Bertz CT molecular complexity index is 1830. The van der Waals surface area contributed by atoms with E-state index in [2.05, 4.69) is 15.0 Å². The van der Waals surface area contributed by atoms with Crippen LogP contribution in [0.5, 0.6) is 0 Å². The summed E-state index contributed by atoms with van der Waals surface area (Å²) in [6.45, 7) is 3.66. The van der Waals surface area contributed by atoms with Gasteiger partial charge in [0, 0.05) is 39.0 Å². The summed E-state index contributed by atoms with van der Waals surface area (Å²) in [4.78, 5) is 20.9. The number of rotatable bonds is 9. The third-order valence-corrected chi connectivity index (χ3v) is 12.5. The monoisotopic (exact) mass is 707 g/mol. The molecule has 5 aliphatic rings. The third-order valence-electron chi connectivity index (χ3n) is 10.7. The number of hydrogen-bond acceptors (Lipinski definition) is 10. The zero-order valence-corrected chi connectivity index (χ0v) is 28.7. The summed E-state index contributed by atoms with van der Waals surface area (Å²) in [6, 6.07) is 9.38. The van der Waals surface area contributed by atoms with Crippen LogP contribution in [-0.2, 0) is 40.2 Å². The number of benzene rings is 1. The highest BCUT2D eigenvalue weighted by Crippen LogP contribution is 2.47. The van der Waals surface area contributed by atoms with E-state index in [9.17, 15) is 17.6 Å². The number of halogens is 1. The van der Waals surface area contributed by atoms with Crippen LogP contribution < -0.4 is 4.90 Å². The van der Waals surface area contributed by atoms with Gasteiger partial charge >= 0.3 is 5.97 Å². The Morgan fingerprint density at radius 1 is 1.02 bits per heavy atom. The fraction of sp³-hybridized carbons (Fsp3) is 0.528. The molecule has 5 heterocycles. The highest BCUT2D eigenvalue weighted by atomic mass is 32.2. The zero-order valence-electron chi connectivity index (χ0n) is 27.9. The molecule has 8 rings (SSSR count). The minimum absolute atomic E-state index is 0.0677. The molecule has 0 amide bonds. The number of fused-ring (bicyclic) bond motifs is 2. The van der Waals surface area contributed by atoms with Gasteiger partial charge in [-0.15, -0.1) is 0 Å². The number of carbonyl (C=O) groups excluding carboxylic acids is 1. The van der Waals surface area contributed by atoms with Gasteiger partial charge in [0.2, 0.25) is 10.0 Å². The first kappa shape index (κ1) is 33.5. The molecule has 2 aromatic heterocycles. The number of esters is 1. The molecule has 3 aliphatic heterocycles. The molecule has 14 heteroatoms.